The third-order valence-electron chi connectivity index (χ3n) is 9.84. The molecule has 0 spiro atoms. The van der Waals surface area contributed by atoms with Crippen molar-refractivity contribution in [2.45, 2.75) is 6.17 Å². The van der Waals surface area contributed by atoms with Crippen LogP contribution in [0, 0.1) is 0 Å². The van der Waals surface area contributed by atoms with Gasteiger partial charge >= 0.3 is 0 Å². The Labute approximate surface area is 299 Å². The highest BCUT2D eigenvalue weighted by atomic mass is 32.1. The Morgan fingerprint density at radius 3 is 2.06 bits per heavy atom. The average molecular weight is 691 g/mol. The molecule has 0 aliphatic carbocycles. The number of thiophene rings is 2. The van der Waals surface area contributed by atoms with Crippen molar-refractivity contribution in [2.75, 3.05) is 0 Å². The molecule has 6 aromatic carbocycles. The van der Waals surface area contributed by atoms with Gasteiger partial charge in [0.2, 0.25) is 0 Å². The summed E-state index contributed by atoms with van der Waals surface area (Å²) >= 11 is 3.64. The smallest absolute Gasteiger partial charge is 0.159 e. The van der Waals surface area contributed by atoms with Crippen LogP contribution in [0.3, 0.4) is 0 Å². The van der Waals surface area contributed by atoms with Crippen LogP contribution in [0.2, 0.25) is 0 Å². The Morgan fingerprint density at radius 1 is 0.549 bits per heavy atom. The van der Waals surface area contributed by atoms with Crippen LogP contribution in [-0.2, 0) is 0 Å². The summed E-state index contributed by atoms with van der Waals surface area (Å²) in [5.41, 5.74) is 6.72. The number of rotatable bonds is 4. The summed E-state index contributed by atoms with van der Waals surface area (Å²) in [5.74, 6) is 1.44. The summed E-state index contributed by atoms with van der Waals surface area (Å²) < 4.78 is 11.6. The number of hydrogen-bond donors (Lipinski definition) is 1. The number of pyridine rings is 1. The fourth-order valence-electron chi connectivity index (χ4n) is 7.40. The minimum absolute atomic E-state index is 0.351. The molecule has 5 heterocycles. The molecule has 5 nitrogen and oxygen atoms in total. The van der Waals surface area contributed by atoms with Crippen LogP contribution in [0.25, 0.3) is 73.4 Å². The molecule has 1 atom stereocenters. The molecule has 7 heteroatoms. The van der Waals surface area contributed by atoms with Crippen LogP contribution in [0.4, 0.5) is 0 Å². The van der Waals surface area contributed by atoms with Gasteiger partial charge in [-0.1, -0.05) is 91.0 Å². The van der Waals surface area contributed by atoms with Crippen LogP contribution in [0.5, 0.6) is 0 Å². The summed E-state index contributed by atoms with van der Waals surface area (Å²) in [6.07, 6.45) is 3.26. The van der Waals surface area contributed by atoms with Gasteiger partial charge in [0.05, 0.1) is 6.20 Å². The van der Waals surface area contributed by atoms with Crippen molar-refractivity contribution >= 4 is 96.6 Å². The Morgan fingerprint density at radius 2 is 1.25 bits per heavy atom. The van der Waals surface area contributed by atoms with Gasteiger partial charge in [-0.3, -0.25) is 4.98 Å². The van der Waals surface area contributed by atoms with Crippen LogP contribution in [0.1, 0.15) is 22.9 Å². The number of nitrogens with zero attached hydrogens (tertiary/aromatic N) is 3. The van der Waals surface area contributed by atoms with E-state index in [4.69, 9.17) is 14.4 Å². The predicted octanol–water partition coefficient (Wildman–Crippen LogP) is 11.9. The first kappa shape index (κ1) is 28.7. The van der Waals surface area contributed by atoms with Gasteiger partial charge in [0, 0.05) is 68.4 Å². The number of aromatic nitrogens is 1. The lowest BCUT2D eigenvalue weighted by atomic mass is 9.97. The van der Waals surface area contributed by atoms with E-state index in [1.807, 2.05) is 53.1 Å². The van der Waals surface area contributed by atoms with E-state index in [2.05, 4.69) is 119 Å². The van der Waals surface area contributed by atoms with E-state index >= 15 is 0 Å². The maximum Gasteiger partial charge on any atom is 0.159 e. The highest BCUT2D eigenvalue weighted by Crippen LogP contribution is 2.40. The van der Waals surface area contributed by atoms with E-state index in [0.717, 1.165) is 55.6 Å². The van der Waals surface area contributed by atoms with Crippen molar-refractivity contribution in [3.05, 3.63) is 163 Å². The van der Waals surface area contributed by atoms with E-state index in [1.165, 1.54) is 40.3 Å². The molecular formula is C44H26N4OS2. The second kappa shape index (κ2) is 11.2. The molecule has 0 saturated carbocycles. The number of benzene rings is 6. The molecule has 0 amide bonds. The molecule has 1 unspecified atom stereocenters. The van der Waals surface area contributed by atoms with Crippen LogP contribution in [-0.4, -0.2) is 16.7 Å². The number of nitrogens with one attached hydrogen (secondary N) is 1. The first-order chi connectivity index (χ1) is 25.2. The summed E-state index contributed by atoms with van der Waals surface area (Å²) in [7, 11) is 0. The van der Waals surface area contributed by atoms with Crippen molar-refractivity contribution < 1.29 is 4.42 Å². The van der Waals surface area contributed by atoms with Gasteiger partial charge in [-0.2, -0.15) is 0 Å². The van der Waals surface area contributed by atoms with Gasteiger partial charge in [-0.25, -0.2) is 9.98 Å². The maximum atomic E-state index is 6.51. The van der Waals surface area contributed by atoms with Crippen LogP contribution in [0.15, 0.2) is 160 Å². The minimum Gasteiger partial charge on any atom is -0.454 e. The molecule has 240 valence electrons. The third kappa shape index (κ3) is 4.63. The van der Waals surface area contributed by atoms with E-state index in [1.54, 1.807) is 6.20 Å². The summed E-state index contributed by atoms with van der Waals surface area (Å²) in [6.45, 7) is 0. The summed E-state index contributed by atoms with van der Waals surface area (Å²) in [4.78, 5) is 14.8. The van der Waals surface area contributed by atoms with Crippen molar-refractivity contribution in [3.63, 3.8) is 0 Å². The summed E-state index contributed by atoms with van der Waals surface area (Å²) in [6, 6.07) is 47.3. The molecule has 1 aliphatic rings. The lowest BCUT2D eigenvalue weighted by Crippen LogP contribution is -2.33. The SMILES string of the molecule is c1ccc(C2=NC(c3ccc4c(c3)sc3ccccc34)NC(c3cc(-c4ccc5c(c4)sc4ccccc45)cc4oc5cnccc5c34)=N2)cc1. The Balaban J connectivity index is 1.11. The third-order valence-corrected chi connectivity index (χ3v) is 12.1. The number of furan rings is 1. The first-order valence-corrected chi connectivity index (χ1v) is 18.5. The van der Waals surface area contributed by atoms with E-state index < -0.39 is 0 Å². The molecule has 4 aromatic heterocycles. The van der Waals surface area contributed by atoms with Gasteiger partial charge in [-0.15, -0.1) is 22.7 Å². The van der Waals surface area contributed by atoms with Crippen molar-refractivity contribution in [1.82, 2.24) is 10.3 Å². The van der Waals surface area contributed by atoms with E-state index in [9.17, 15) is 0 Å². The topological polar surface area (TPSA) is 62.8 Å². The highest BCUT2D eigenvalue weighted by molar-refractivity contribution is 7.26. The monoisotopic (exact) mass is 690 g/mol. The number of fused-ring (bicyclic) bond motifs is 9. The summed E-state index contributed by atoms with van der Waals surface area (Å²) in [5, 5.41) is 10.9. The number of amidine groups is 2. The van der Waals surface area contributed by atoms with E-state index in [0.29, 0.717) is 5.84 Å². The van der Waals surface area contributed by atoms with Gasteiger partial charge in [-0.05, 0) is 59.2 Å². The minimum atomic E-state index is -0.351. The van der Waals surface area contributed by atoms with Gasteiger partial charge < -0.3 is 9.73 Å². The number of aliphatic imine (C=N–C) groups is 2. The zero-order valence-corrected chi connectivity index (χ0v) is 28.6. The standard InChI is InChI=1S/C44H26N4OS2/c1-2-8-25(9-3-1)42-46-43(27-15-17-32-30-11-5-7-13-38(30)51-40(32)23-27)48-44(47-42)34-20-28(21-35-41(34)33-18-19-45-24-36(33)49-35)26-14-16-31-29-10-4-6-12-37(29)50-39(31)22-26/h1-24,43H,(H,46,47,48). The maximum absolute atomic E-state index is 6.51. The molecule has 10 aromatic rings. The molecule has 0 bridgehead atoms. The molecule has 1 aliphatic heterocycles. The van der Waals surface area contributed by atoms with Crippen LogP contribution < -0.4 is 5.32 Å². The fraction of sp³-hybridized carbons (Fsp3) is 0.0227. The van der Waals surface area contributed by atoms with Crippen LogP contribution >= 0.6 is 22.7 Å². The second-order valence-electron chi connectivity index (χ2n) is 12.9. The van der Waals surface area contributed by atoms with Crippen molar-refractivity contribution in [3.8, 4) is 11.1 Å². The Kier molecular flexibility index (Phi) is 6.29. The normalized spacial score (nSPS) is 14.9. The molecule has 0 fully saturated rings. The zero-order chi connectivity index (χ0) is 33.5. The number of hydrogen-bond acceptors (Lipinski definition) is 7. The molecule has 0 radical (unpaired) electrons. The second-order valence-corrected chi connectivity index (χ2v) is 15.0. The zero-order valence-electron chi connectivity index (χ0n) is 27.0. The highest BCUT2D eigenvalue weighted by Gasteiger charge is 2.25. The van der Waals surface area contributed by atoms with Gasteiger partial charge in [0.25, 0.3) is 0 Å². The largest absolute Gasteiger partial charge is 0.454 e. The molecular weight excluding hydrogens is 665 g/mol. The molecule has 51 heavy (non-hydrogen) atoms. The van der Waals surface area contributed by atoms with Crippen molar-refractivity contribution in [2.24, 2.45) is 9.98 Å². The molecule has 1 N–H and O–H groups in total. The Bertz CT molecular complexity index is 3080. The quantitative estimate of drug-likeness (QED) is 0.200. The first-order valence-electron chi connectivity index (χ1n) is 16.9. The molecule has 0 saturated heterocycles. The van der Waals surface area contributed by atoms with E-state index in [-0.39, 0.29) is 6.17 Å². The van der Waals surface area contributed by atoms with Gasteiger partial charge in [0.1, 0.15) is 17.6 Å². The van der Waals surface area contributed by atoms with Gasteiger partial charge in [0.15, 0.2) is 11.4 Å². The lowest BCUT2D eigenvalue weighted by molar-refractivity contribution is 0.666. The Hall–Kier alpha value is -6.15. The fourth-order valence-corrected chi connectivity index (χ4v) is 9.70. The lowest BCUT2D eigenvalue weighted by Gasteiger charge is -2.24. The molecule has 11 rings (SSSR count). The predicted molar refractivity (Wildman–Crippen MR) is 215 cm³/mol. The average Bonchev–Trinajstić information content (AvgIpc) is 3.88. The van der Waals surface area contributed by atoms with Crippen molar-refractivity contribution in [1.29, 1.82) is 0 Å².